The summed E-state index contributed by atoms with van der Waals surface area (Å²) in [5.74, 6) is -1.73. The van der Waals surface area contributed by atoms with E-state index in [0.717, 1.165) is 18.5 Å². The average Bonchev–Trinajstić information content (AvgIpc) is 2.74. The molecule has 0 saturated carbocycles. The van der Waals surface area contributed by atoms with Gasteiger partial charge in [0.25, 0.3) is 0 Å². The number of imide groups is 1. The molecule has 2 heterocycles. The number of nitrogens with one attached hydrogen (secondary N) is 2. The average molecular weight is 454 g/mol. The van der Waals surface area contributed by atoms with Gasteiger partial charge in [-0.2, -0.15) is 0 Å². The lowest BCUT2D eigenvalue weighted by molar-refractivity contribution is -0.137. The number of halogens is 1. The first-order valence-corrected chi connectivity index (χ1v) is 9.85. The molecule has 2 saturated heterocycles. The number of piperidine rings is 2. The summed E-state index contributed by atoms with van der Waals surface area (Å²) in [5, 5.41) is 22.2. The number of rotatable bonds is 5. The SMILES string of the molecule is COc1ccc(CNC(=O)N2CC3CNCC(C3)C2=O)cc1Cl.O=C(O)/C=C/C(=O)O. The van der Waals surface area contributed by atoms with Gasteiger partial charge < -0.3 is 25.6 Å². The van der Waals surface area contributed by atoms with Gasteiger partial charge in [0.05, 0.1) is 18.1 Å². The predicted octanol–water partition coefficient (Wildman–Crippen LogP) is 1.34. The van der Waals surface area contributed by atoms with E-state index in [1.54, 1.807) is 19.2 Å². The number of carbonyl (C=O) groups excluding carboxylic acids is 2. The van der Waals surface area contributed by atoms with Crippen molar-refractivity contribution in [3.05, 3.63) is 40.9 Å². The molecule has 0 radical (unpaired) electrons. The largest absolute Gasteiger partial charge is 0.495 e. The first kappa shape index (κ1) is 24.2. The van der Waals surface area contributed by atoms with Gasteiger partial charge in [-0.25, -0.2) is 14.4 Å². The Morgan fingerprint density at radius 2 is 1.94 bits per heavy atom. The molecule has 1 aromatic carbocycles. The highest BCUT2D eigenvalue weighted by atomic mass is 35.5. The number of hydrogen-bond acceptors (Lipinski definition) is 6. The predicted molar refractivity (Wildman–Crippen MR) is 111 cm³/mol. The second kappa shape index (κ2) is 11.3. The van der Waals surface area contributed by atoms with Gasteiger partial charge in [0, 0.05) is 31.8 Å². The minimum absolute atomic E-state index is 0.0799. The van der Waals surface area contributed by atoms with Crippen LogP contribution in [0.4, 0.5) is 4.79 Å². The van der Waals surface area contributed by atoms with E-state index in [9.17, 15) is 19.2 Å². The van der Waals surface area contributed by atoms with E-state index < -0.39 is 11.9 Å². The molecule has 2 aliphatic heterocycles. The van der Waals surface area contributed by atoms with Crippen LogP contribution >= 0.6 is 11.6 Å². The highest BCUT2D eigenvalue weighted by molar-refractivity contribution is 6.32. The number of hydrogen-bond donors (Lipinski definition) is 4. The van der Waals surface area contributed by atoms with Crippen LogP contribution in [0.15, 0.2) is 30.4 Å². The van der Waals surface area contributed by atoms with Crippen molar-refractivity contribution in [1.82, 2.24) is 15.5 Å². The quantitative estimate of drug-likeness (QED) is 0.488. The summed E-state index contributed by atoms with van der Waals surface area (Å²) < 4.78 is 5.10. The highest BCUT2D eigenvalue weighted by Crippen LogP contribution is 2.26. The van der Waals surface area contributed by atoms with Gasteiger partial charge in [-0.15, -0.1) is 0 Å². The standard InChI is InChI=1S/C16H20ClN3O3.C4H4O4/c1-23-14-3-2-10(5-13(14)17)7-19-16(22)20-9-11-4-12(15(20)21)8-18-6-11;5-3(6)1-2-4(7)8/h2-3,5,11-12,18H,4,6-9H2,1H3,(H,19,22);1-2H,(H,5,6)(H,7,8)/b;2-1+. The van der Waals surface area contributed by atoms with Crippen LogP contribution in [0.25, 0.3) is 0 Å². The second-order valence-electron chi connectivity index (χ2n) is 7.04. The third-order valence-corrected chi connectivity index (χ3v) is 5.07. The van der Waals surface area contributed by atoms with Crippen molar-refractivity contribution in [3.8, 4) is 5.75 Å². The molecule has 1 aromatic rings. The molecule has 4 N–H and O–H groups in total. The normalized spacial score (nSPS) is 19.9. The molecule has 168 valence electrons. The molecule has 10 nitrogen and oxygen atoms in total. The van der Waals surface area contributed by atoms with Crippen LogP contribution < -0.4 is 15.4 Å². The molecule has 0 aromatic heterocycles. The van der Waals surface area contributed by atoms with E-state index in [1.807, 2.05) is 6.07 Å². The number of benzene rings is 1. The number of aliphatic carboxylic acids is 2. The van der Waals surface area contributed by atoms with Crippen molar-refractivity contribution in [2.24, 2.45) is 11.8 Å². The number of methoxy groups -OCH3 is 1. The number of carbonyl (C=O) groups is 4. The first-order valence-electron chi connectivity index (χ1n) is 9.47. The lowest BCUT2D eigenvalue weighted by atomic mass is 9.85. The monoisotopic (exact) mass is 453 g/mol. The van der Waals surface area contributed by atoms with Crippen molar-refractivity contribution < 1.29 is 34.1 Å². The summed E-state index contributed by atoms with van der Waals surface area (Å²) in [4.78, 5) is 45.1. The molecule has 2 bridgehead atoms. The summed E-state index contributed by atoms with van der Waals surface area (Å²) >= 11 is 6.07. The maximum absolute atomic E-state index is 12.3. The van der Waals surface area contributed by atoms with Crippen LogP contribution in [-0.2, 0) is 20.9 Å². The fourth-order valence-corrected chi connectivity index (χ4v) is 3.63. The van der Waals surface area contributed by atoms with E-state index in [4.69, 9.17) is 26.6 Å². The Kier molecular flexibility index (Phi) is 8.83. The number of ether oxygens (including phenoxy) is 1. The van der Waals surface area contributed by atoms with Gasteiger partial charge in [-0.3, -0.25) is 9.69 Å². The summed E-state index contributed by atoms with van der Waals surface area (Å²) in [7, 11) is 1.55. The minimum Gasteiger partial charge on any atom is -0.495 e. The topological polar surface area (TPSA) is 145 Å². The van der Waals surface area contributed by atoms with Crippen LogP contribution in [0.1, 0.15) is 12.0 Å². The Balaban J connectivity index is 0.000000366. The Morgan fingerprint density at radius 1 is 1.26 bits per heavy atom. The fraction of sp³-hybridized carbons (Fsp3) is 0.400. The van der Waals surface area contributed by atoms with Crippen LogP contribution in [0.3, 0.4) is 0 Å². The Bertz CT molecular complexity index is 858. The molecule has 2 aliphatic rings. The molecule has 0 aliphatic carbocycles. The number of fused-ring (bicyclic) bond motifs is 2. The molecular weight excluding hydrogens is 430 g/mol. The van der Waals surface area contributed by atoms with Crippen LogP contribution in [0.5, 0.6) is 5.75 Å². The molecule has 2 fully saturated rings. The molecule has 3 rings (SSSR count). The van der Waals surface area contributed by atoms with Gasteiger partial charge in [0.2, 0.25) is 5.91 Å². The van der Waals surface area contributed by atoms with Crippen LogP contribution in [-0.4, -0.2) is 65.7 Å². The van der Waals surface area contributed by atoms with E-state index in [1.165, 1.54) is 4.90 Å². The van der Waals surface area contributed by atoms with Gasteiger partial charge >= 0.3 is 18.0 Å². The zero-order valence-corrected chi connectivity index (χ0v) is 17.6. The molecule has 31 heavy (non-hydrogen) atoms. The van der Waals surface area contributed by atoms with Crippen molar-refractivity contribution in [2.45, 2.75) is 13.0 Å². The van der Waals surface area contributed by atoms with Gasteiger partial charge in [0.1, 0.15) is 5.75 Å². The molecule has 2 unspecified atom stereocenters. The Hall–Kier alpha value is -3.11. The number of carboxylic acids is 2. The number of amides is 3. The second-order valence-corrected chi connectivity index (χ2v) is 7.45. The fourth-order valence-electron chi connectivity index (χ4n) is 3.35. The zero-order valence-electron chi connectivity index (χ0n) is 16.8. The summed E-state index contributed by atoms with van der Waals surface area (Å²) in [6.07, 6.45) is 1.99. The van der Waals surface area contributed by atoms with E-state index in [2.05, 4.69) is 10.6 Å². The molecule has 0 spiro atoms. The van der Waals surface area contributed by atoms with E-state index in [0.29, 0.717) is 48.5 Å². The summed E-state index contributed by atoms with van der Waals surface area (Å²) in [5.41, 5.74) is 0.857. The third kappa shape index (κ3) is 7.26. The first-order chi connectivity index (χ1) is 14.7. The van der Waals surface area contributed by atoms with Gasteiger partial charge in [-0.05, 0) is 36.6 Å². The number of urea groups is 1. The zero-order chi connectivity index (χ0) is 23.0. The van der Waals surface area contributed by atoms with Crippen LogP contribution in [0, 0.1) is 11.8 Å². The molecule has 11 heteroatoms. The molecule has 3 amide bonds. The van der Waals surface area contributed by atoms with Crippen LogP contribution in [0.2, 0.25) is 5.02 Å². The summed E-state index contributed by atoms with van der Waals surface area (Å²) in [6, 6.07) is 5.00. The smallest absolute Gasteiger partial charge is 0.328 e. The highest BCUT2D eigenvalue weighted by Gasteiger charge is 2.39. The maximum Gasteiger partial charge on any atom is 0.328 e. The number of likely N-dealkylation sites (tertiary alicyclic amines) is 1. The number of nitrogens with zero attached hydrogens (tertiary/aromatic N) is 1. The lowest BCUT2D eigenvalue weighted by Crippen LogP contribution is -2.58. The molecular formula is C20H24ClN3O7. The molecule has 2 atom stereocenters. The number of carboxylic acid groups (broad SMARTS) is 2. The Labute approximate surface area is 183 Å². The van der Waals surface area contributed by atoms with Gasteiger partial charge in [0.15, 0.2) is 0 Å². The lowest BCUT2D eigenvalue weighted by Gasteiger charge is -2.39. The van der Waals surface area contributed by atoms with Crippen molar-refractivity contribution in [2.75, 3.05) is 26.7 Å². The van der Waals surface area contributed by atoms with Crippen molar-refractivity contribution >= 4 is 35.5 Å². The van der Waals surface area contributed by atoms with E-state index in [-0.39, 0.29) is 17.9 Å². The van der Waals surface area contributed by atoms with E-state index >= 15 is 0 Å². The Morgan fingerprint density at radius 3 is 2.52 bits per heavy atom. The maximum atomic E-state index is 12.3. The van der Waals surface area contributed by atoms with Crippen molar-refractivity contribution in [1.29, 1.82) is 0 Å². The van der Waals surface area contributed by atoms with Gasteiger partial charge in [-0.1, -0.05) is 17.7 Å². The minimum atomic E-state index is -1.26. The third-order valence-electron chi connectivity index (χ3n) is 4.77. The van der Waals surface area contributed by atoms with Crippen molar-refractivity contribution in [3.63, 3.8) is 0 Å². The summed E-state index contributed by atoms with van der Waals surface area (Å²) in [6.45, 7) is 2.33.